The number of piperidine rings is 1. The van der Waals surface area contributed by atoms with E-state index in [1.807, 2.05) is 16.8 Å². The summed E-state index contributed by atoms with van der Waals surface area (Å²) in [5, 5.41) is 9.56. The van der Waals surface area contributed by atoms with E-state index in [-0.39, 0.29) is 23.8 Å². The number of piperazine rings is 1. The molecule has 2 fully saturated rings. The molecule has 2 saturated heterocycles. The SMILES string of the molecule is Cc1cc(F)ccc1[C@H]1C[C@@H](N2CCN(C)CC2=O)CCN1C(=O)O. The molecule has 1 aromatic carbocycles. The molecule has 0 unspecified atom stereocenters. The number of hydrogen-bond acceptors (Lipinski definition) is 3. The number of benzene rings is 1. The van der Waals surface area contributed by atoms with Crippen LogP contribution < -0.4 is 0 Å². The van der Waals surface area contributed by atoms with Crippen LogP contribution in [0.15, 0.2) is 18.2 Å². The molecule has 0 aromatic heterocycles. The van der Waals surface area contributed by atoms with Gasteiger partial charge in [-0.15, -0.1) is 0 Å². The lowest BCUT2D eigenvalue weighted by Gasteiger charge is -2.45. The van der Waals surface area contributed by atoms with Crippen molar-refractivity contribution in [3.8, 4) is 0 Å². The Kier molecular flexibility index (Phi) is 4.94. The minimum absolute atomic E-state index is 0.0197. The molecule has 6 nitrogen and oxygen atoms in total. The van der Waals surface area contributed by atoms with Gasteiger partial charge in [0.15, 0.2) is 0 Å². The summed E-state index contributed by atoms with van der Waals surface area (Å²) in [5.74, 6) is -0.234. The number of likely N-dealkylation sites (N-methyl/N-ethyl adjacent to an activating group) is 1. The van der Waals surface area contributed by atoms with Crippen molar-refractivity contribution < 1.29 is 19.1 Å². The lowest BCUT2D eigenvalue weighted by molar-refractivity contribution is -0.139. The maximum absolute atomic E-state index is 13.4. The molecule has 2 amide bonds. The summed E-state index contributed by atoms with van der Waals surface area (Å²) in [6, 6.07) is 4.13. The van der Waals surface area contributed by atoms with Gasteiger partial charge in [0, 0.05) is 25.7 Å². The largest absolute Gasteiger partial charge is 0.465 e. The van der Waals surface area contributed by atoms with E-state index in [4.69, 9.17) is 0 Å². The second kappa shape index (κ2) is 7.00. The standard InChI is InChI=1S/C18H24FN3O3/c1-12-9-13(19)3-4-15(12)16-10-14(5-6-22(16)18(24)25)21-8-7-20(2)11-17(21)23/h3-4,9,14,16H,5-8,10-11H2,1-2H3,(H,24,25)/t14-,16+/m0/s1. The van der Waals surface area contributed by atoms with Crippen molar-refractivity contribution in [2.45, 2.75) is 31.8 Å². The number of amides is 2. The van der Waals surface area contributed by atoms with Gasteiger partial charge in [-0.05, 0) is 50.1 Å². The van der Waals surface area contributed by atoms with Crippen LogP contribution in [0.25, 0.3) is 0 Å². The zero-order valence-corrected chi connectivity index (χ0v) is 14.6. The molecule has 1 aromatic rings. The lowest BCUT2D eigenvalue weighted by Crippen LogP contribution is -2.56. The van der Waals surface area contributed by atoms with E-state index in [2.05, 4.69) is 0 Å². The molecule has 0 radical (unpaired) electrons. The van der Waals surface area contributed by atoms with Gasteiger partial charge in [0.25, 0.3) is 0 Å². The fraction of sp³-hybridized carbons (Fsp3) is 0.556. The van der Waals surface area contributed by atoms with Gasteiger partial charge in [-0.25, -0.2) is 9.18 Å². The van der Waals surface area contributed by atoms with E-state index in [0.29, 0.717) is 32.5 Å². The first-order valence-electron chi connectivity index (χ1n) is 8.60. The van der Waals surface area contributed by atoms with E-state index >= 15 is 0 Å². The number of likely N-dealkylation sites (tertiary alicyclic amines) is 1. The summed E-state index contributed by atoms with van der Waals surface area (Å²) in [6.07, 6.45) is 0.212. The Labute approximate surface area is 146 Å². The van der Waals surface area contributed by atoms with Gasteiger partial charge < -0.3 is 14.9 Å². The molecule has 2 atom stereocenters. The molecule has 7 heteroatoms. The number of aryl methyl sites for hydroxylation is 1. The molecule has 0 spiro atoms. The Morgan fingerprint density at radius 2 is 2.04 bits per heavy atom. The predicted octanol–water partition coefficient (Wildman–Crippen LogP) is 2.09. The number of rotatable bonds is 2. The first kappa shape index (κ1) is 17.7. The Morgan fingerprint density at radius 3 is 2.68 bits per heavy atom. The number of carbonyl (C=O) groups is 2. The quantitative estimate of drug-likeness (QED) is 0.888. The van der Waals surface area contributed by atoms with Crippen molar-refractivity contribution in [2.24, 2.45) is 0 Å². The van der Waals surface area contributed by atoms with Crippen molar-refractivity contribution in [3.05, 3.63) is 35.1 Å². The highest BCUT2D eigenvalue weighted by molar-refractivity contribution is 5.79. The minimum atomic E-state index is -0.975. The Balaban J connectivity index is 1.85. The highest BCUT2D eigenvalue weighted by Gasteiger charge is 2.38. The zero-order chi connectivity index (χ0) is 18.1. The van der Waals surface area contributed by atoms with E-state index < -0.39 is 6.09 Å². The smallest absolute Gasteiger partial charge is 0.407 e. The van der Waals surface area contributed by atoms with Crippen molar-refractivity contribution in [1.29, 1.82) is 0 Å². The summed E-state index contributed by atoms with van der Waals surface area (Å²) in [7, 11) is 1.92. The molecule has 2 heterocycles. The van der Waals surface area contributed by atoms with Crippen LogP contribution in [0.2, 0.25) is 0 Å². The van der Waals surface area contributed by atoms with Crippen molar-refractivity contribution in [2.75, 3.05) is 33.2 Å². The fourth-order valence-electron chi connectivity index (χ4n) is 3.96. The second-order valence-electron chi connectivity index (χ2n) is 7.00. The molecular weight excluding hydrogens is 325 g/mol. The normalized spacial score (nSPS) is 25.3. The molecule has 2 aliphatic rings. The maximum atomic E-state index is 13.4. The van der Waals surface area contributed by atoms with Crippen LogP contribution in [0.4, 0.5) is 9.18 Å². The number of carbonyl (C=O) groups excluding carboxylic acids is 1. The zero-order valence-electron chi connectivity index (χ0n) is 14.6. The molecule has 1 N–H and O–H groups in total. The van der Waals surface area contributed by atoms with Crippen LogP contribution in [-0.4, -0.2) is 71.1 Å². The minimum Gasteiger partial charge on any atom is -0.465 e. The number of halogens is 1. The van der Waals surface area contributed by atoms with E-state index in [1.54, 1.807) is 13.0 Å². The lowest BCUT2D eigenvalue weighted by atomic mass is 9.88. The molecule has 0 saturated carbocycles. The fourth-order valence-corrected chi connectivity index (χ4v) is 3.96. The third kappa shape index (κ3) is 3.61. The summed E-state index contributed by atoms with van der Waals surface area (Å²) >= 11 is 0. The first-order valence-corrected chi connectivity index (χ1v) is 8.60. The van der Waals surface area contributed by atoms with Crippen molar-refractivity contribution in [3.63, 3.8) is 0 Å². The Bertz CT molecular complexity index is 682. The van der Waals surface area contributed by atoms with Gasteiger partial charge in [-0.1, -0.05) is 6.07 Å². The predicted molar refractivity (Wildman–Crippen MR) is 90.8 cm³/mol. The average molecular weight is 349 g/mol. The topological polar surface area (TPSA) is 64.1 Å². The number of carboxylic acid groups (broad SMARTS) is 1. The maximum Gasteiger partial charge on any atom is 0.407 e. The monoisotopic (exact) mass is 349 g/mol. The van der Waals surface area contributed by atoms with Crippen LogP contribution in [0, 0.1) is 12.7 Å². The molecule has 0 aliphatic carbocycles. The van der Waals surface area contributed by atoms with Crippen molar-refractivity contribution >= 4 is 12.0 Å². The Hall–Kier alpha value is -2.15. The first-order chi connectivity index (χ1) is 11.9. The van der Waals surface area contributed by atoms with Gasteiger partial charge in [0.1, 0.15) is 5.82 Å². The summed E-state index contributed by atoms with van der Waals surface area (Å²) in [5.41, 5.74) is 1.55. The van der Waals surface area contributed by atoms with Gasteiger partial charge in [0.05, 0.1) is 12.6 Å². The van der Waals surface area contributed by atoms with Gasteiger partial charge in [-0.2, -0.15) is 0 Å². The van der Waals surface area contributed by atoms with Crippen molar-refractivity contribution in [1.82, 2.24) is 14.7 Å². The summed E-state index contributed by atoms with van der Waals surface area (Å²) in [4.78, 5) is 29.4. The van der Waals surface area contributed by atoms with E-state index in [1.165, 1.54) is 17.0 Å². The van der Waals surface area contributed by atoms with Crippen LogP contribution in [0.3, 0.4) is 0 Å². The van der Waals surface area contributed by atoms with Gasteiger partial charge >= 0.3 is 6.09 Å². The highest BCUT2D eigenvalue weighted by Crippen LogP contribution is 2.35. The summed E-state index contributed by atoms with van der Waals surface area (Å²) in [6.45, 7) is 4.07. The Morgan fingerprint density at radius 1 is 1.28 bits per heavy atom. The van der Waals surface area contributed by atoms with Crippen LogP contribution >= 0.6 is 0 Å². The van der Waals surface area contributed by atoms with E-state index in [9.17, 15) is 19.1 Å². The molecule has 3 rings (SSSR count). The summed E-state index contributed by atoms with van der Waals surface area (Å²) < 4.78 is 13.4. The van der Waals surface area contributed by atoms with Gasteiger partial charge in [0.2, 0.25) is 5.91 Å². The number of hydrogen-bond donors (Lipinski definition) is 1. The molecule has 25 heavy (non-hydrogen) atoms. The molecular formula is C18H24FN3O3. The third-order valence-corrected chi connectivity index (χ3v) is 5.30. The van der Waals surface area contributed by atoms with Crippen LogP contribution in [0.5, 0.6) is 0 Å². The second-order valence-corrected chi connectivity index (χ2v) is 7.00. The van der Waals surface area contributed by atoms with Crippen LogP contribution in [-0.2, 0) is 4.79 Å². The molecule has 0 bridgehead atoms. The van der Waals surface area contributed by atoms with E-state index in [0.717, 1.165) is 17.7 Å². The molecule has 136 valence electrons. The average Bonchev–Trinajstić information content (AvgIpc) is 2.54. The number of nitrogens with zero attached hydrogens (tertiary/aromatic N) is 3. The highest BCUT2D eigenvalue weighted by atomic mass is 19.1. The molecule has 2 aliphatic heterocycles. The third-order valence-electron chi connectivity index (χ3n) is 5.30. The van der Waals surface area contributed by atoms with Crippen LogP contribution in [0.1, 0.15) is 30.0 Å². The van der Waals surface area contributed by atoms with Gasteiger partial charge in [-0.3, -0.25) is 9.69 Å².